The Morgan fingerprint density at radius 3 is 2.50 bits per heavy atom. The number of hydrogen-bond acceptors (Lipinski definition) is 6. The highest BCUT2D eigenvalue weighted by molar-refractivity contribution is 7.89. The van der Waals surface area contributed by atoms with Crippen molar-refractivity contribution in [3.63, 3.8) is 0 Å². The van der Waals surface area contributed by atoms with Crippen LogP contribution in [0.15, 0.2) is 17.2 Å². The predicted octanol–water partition coefficient (Wildman–Crippen LogP) is 0.619. The van der Waals surface area contributed by atoms with E-state index in [1.54, 1.807) is 6.92 Å². The molecule has 0 aromatic carbocycles. The van der Waals surface area contributed by atoms with Crippen molar-refractivity contribution in [3.05, 3.63) is 17.8 Å². The van der Waals surface area contributed by atoms with Crippen LogP contribution in [0.1, 0.15) is 24.2 Å². The van der Waals surface area contributed by atoms with E-state index in [-0.39, 0.29) is 16.3 Å². The molecule has 1 aliphatic rings. The average Bonchev–Trinajstić information content (AvgIpc) is 2.55. The van der Waals surface area contributed by atoms with Crippen LogP contribution in [0.2, 0.25) is 0 Å². The molecule has 1 aromatic rings. The maximum atomic E-state index is 12.6. The molecule has 0 amide bonds. The molecule has 0 unspecified atom stereocenters. The minimum absolute atomic E-state index is 0.0306. The fraction of sp³-hybridized carbons (Fsp3) is 0.571. The highest BCUT2D eigenvalue weighted by Crippen LogP contribution is 2.22. The highest BCUT2D eigenvalue weighted by Gasteiger charge is 2.29. The van der Waals surface area contributed by atoms with Crippen LogP contribution >= 0.6 is 0 Å². The molecule has 22 heavy (non-hydrogen) atoms. The van der Waals surface area contributed by atoms with Gasteiger partial charge < -0.3 is 9.64 Å². The van der Waals surface area contributed by atoms with Crippen LogP contribution in [0.4, 0.5) is 0 Å². The summed E-state index contributed by atoms with van der Waals surface area (Å²) in [7, 11) is -3.63. The summed E-state index contributed by atoms with van der Waals surface area (Å²) in [5.41, 5.74) is 0.148. The lowest BCUT2D eigenvalue weighted by atomic mass is 10.3. The molecule has 0 saturated carbocycles. The van der Waals surface area contributed by atoms with Crippen LogP contribution in [-0.4, -0.2) is 68.2 Å². The van der Waals surface area contributed by atoms with Gasteiger partial charge in [0.25, 0.3) is 0 Å². The van der Waals surface area contributed by atoms with Crippen molar-refractivity contribution in [2.75, 3.05) is 39.3 Å². The van der Waals surface area contributed by atoms with Gasteiger partial charge in [-0.3, -0.25) is 4.79 Å². The van der Waals surface area contributed by atoms with Crippen LogP contribution in [-0.2, 0) is 10.0 Å². The number of rotatable bonds is 6. The number of nitrogens with zero attached hydrogens (tertiary/aromatic N) is 3. The topological polar surface area (TPSA) is 79.8 Å². The molecule has 0 atom stereocenters. The van der Waals surface area contributed by atoms with Gasteiger partial charge in [-0.15, -0.1) is 0 Å². The Morgan fingerprint density at radius 1 is 1.27 bits per heavy atom. The second kappa shape index (κ2) is 7.17. The van der Waals surface area contributed by atoms with Gasteiger partial charge in [-0.2, -0.15) is 4.31 Å². The number of ether oxygens (including phenoxy) is 1. The lowest BCUT2D eigenvalue weighted by Crippen LogP contribution is -2.48. The van der Waals surface area contributed by atoms with Crippen LogP contribution < -0.4 is 4.74 Å². The van der Waals surface area contributed by atoms with Gasteiger partial charge in [0.15, 0.2) is 6.29 Å². The number of piperazine rings is 1. The molecule has 0 spiro atoms. The summed E-state index contributed by atoms with van der Waals surface area (Å²) in [4.78, 5) is 17.3. The Hall–Kier alpha value is -1.51. The second-order valence-corrected chi connectivity index (χ2v) is 6.89. The predicted molar refractivity (Wildman–Crippen MR) is 81.7 cm³/mol. The molecule has 122 valence electrons. The van der Waals surface area contributed by atoms with Gasteiger partial charge in [-0.1, -0.05) is 6.92 Å². The zero-order valence-corrected chi connectivity index (χ0v) is 13.7. The molecular weight excluding hydrogens is 306 g/mol. The molecule has 0 radical (unpaired) electrons. The number of aldehydes is 1. The van der Waals surface area contributed by atoms with Gasteiger partial charge in [0.05, 0.1) is 18.4 Å². The molecule has 0 aliphatic carbocycles. The third-order valence-corrected chi connectivity index (χ3v) is 5.54. The Bertz CT molecular complexity index is 625. The smallest absolute Gasteiger partial charge is 0.244 e. The summed E-state index contributed by atoms with van der Waals surface area (Å²) in [6.07, 6.45) is 1.81. The van der Waals surface area contributed by atoms with Gasteiger partial charge in [0, 0.05) is 26.2 Å². The number of sulfonamides is 1. The number of carbonyl (C=O) groups is 1. The van der Waals surface area contributed by atoms with E-state index in [9.17, 15) is 13.2 Å². The van der Waals surface area contributed by atoms with Crippen molar-refractivity contribution in [1.82, 2.24) is 14.2 Å². The Morgan fingerprint density at radius 2 is 1.95 bits per heavy atom. The van der Waals surface area contributed by atoms with E-state index < -0.39 is 10.0 Å². The molecule has 1 aromatic heterocycles. The number of aromatic nitrogens is 1. The molecule has 2 heterocycles. The van der Waals surface area contributed by atoms with Gasteiger partial charge in [0.2, 0.25) is 15.9 Å². The molecule has 8 heteroatoms. The molecule has 1 fully saturated rings. The summed E-state index contributed by atoms with van der Waals surface area (Å²) < 4.78 is 31.9. The average molecular weight is 327 g/mol. The highest BCUT2D eigenvalue weighted by atomic mass is 32.2. The summed E-state index contributed by atoms with van der Waals surface area (Å²) in [5.74, 6) is 0.159. The zero-order chi connectivity index (χ0) is 16.2. The summed E-state index contributed by atoms with van der Waals surface area (Å²) in [5, 5.41) is 0. The molecule has 2 rings (SSSR count). The van der Waals surface area contributed by atoms with Gasteiger partial charge in [-0.25, -0.2) is 13.4 Å². The van der Waals surface area contributed by atoms with E-state index in [1.807, 2.05) is 0 Å². The minimum Gasteiger partial charge on any atom is -0.477 e. The minimum atomic E-state index is -3.63. The first-order chi connectivity index (χ1) is 10.5. The lowest BCUT2D eigenvalue weighted by molar-refractivity contribution is 0.111. The summed E-state index contributed by atoms with van der Waals surface area (Å²) in [6, 6.07) is 1.33. The number of likely N-dealkylation sites (N-methyl/N-ethyl adjacent to an activating group) is 1. The van der Waals surface area contributed by atoms with Crippen LogP contribution in [0.25, 0.3) is 0 Å². The molecule has 0 bridgehead atoms. The molecule has 0 N–H and O–H groups in total. The zero-order valence-electron chi connectivity index (χ0n) is 12.9. The van der Waals surface area contributed by atoms with E-state index in [1.165, 1.54) is 16.6 Å². The lowest BCUT2D eigenvalue weighted by Gasteiger charge is -2.33. The Kier molecular flexibility index (Phi) is 5.49. The van der Waals surface area contributed by atoms with E-state index in [0.29, 0.717) is 39.1 Å². The SMILES string of the molecule is CCOc1ncc(S(=O)(=O)N2CCN(CC)CC2)cc1C=O. The van der Waals surface area contributed by atoms with Crippen molar-refractivity contribution >= 4 is 16.3 Å². The van der Waals surface area contributed by atoms with Crippen LogP contribution in [0.3, 0.4) is 0 Å². The van der Waals surface area contributed by atoms with Crippen molar-refractivity contribution < 1.29 is 17.9 Å². The fourth-order valence-electron chi connectivity index (χ4n) is 2.37. The molecule has 7 nitrogen and oxygen atoms in total. The molecule has 1 saturated heterocycles. The Balaban J connectivity index is 2.24. The largest absolute Gasteiger partial charge is 0.477 e. The van der Waals surface area contributed by atoms with Crippen molar-refractivity contribution in [2.45, 2.75) is 18.7 Å². The molecular formula is C14H21N3O4S. The maximum absolute atomic E-state index is 12.6. The van der Waals surface area contributed by atoms with E-state index >= 15 is 0 Å². The third-order valence-electron chi connectivity index (χ3n) is 3.68. The first kappa shape index (κ1) is 16.9. The first-order valence-electron chi connectivity index (χ1n) is 7.33. The van der Waals surface area contributed by atoms with Crippen molar-refractivity contribution in [3.8, 4) is 5.88 Å². The Labute approximate surface area is 130 Å². The van der Waals surface area contributed by atoms with Gasteiger partial charge >= 0.3 is 0 Å². The first-order valence-corrected chi connectivity index (χ1v) is 8.77. The van der Waals surface area contributed by atoms with Crippen molar-refractivity contribution in [1.29, 1.82) is 0 Å². The van der Waals surface area contributed by atoms with Crippen LogP contribution in [0.5, 0.6) is 5.88 Å². The van der Waals surface area contributed by atoms with E-state index in [4.69, 9.17) is 4.74 Å². The fourth-order valence-corrected chi connectivity index (χ4v) is 3.77. The van der Waals surface area contributed by atoms with E-state index in [2.05, 4.69) is 16.8 Å². The van der Waals surface area contributed by atoms with Crippen LogP contribution in [0, 0.1) is 0 Å². The number of pyridine rings is 1. The monoisotopic (exact) mass is 327 g/mol. The number of hydrogen-bond donors (Lipinski definition) is 0. The number of carbonyl (C=O) groups excluding carboxylic acids is 1. The third kappa shape index (κ3) is 3.45. The van der Waals surface area contributed by atoms with E-state index in [0.717, 1.165) is 6.54 Å². The second-order valence-electron chi connectivity index (χ2n) is 4.95. The molecule has 1 aliphatic heterocycles. The van der Waals surface area contributed by atoms with Gasteiger partial charge in [0.1, 0.15) is 4.90 Å². The van der Waals surface area contributed by atoms with Gasteiger partial charge in [-0.05, 0) is 19.5 Å². The summed E-state index contributed by atoms with van der Waals surface area (Å²) in [6.45, 7) is 7.40. The maximum Gasteiger partial charge on any atom is 0.244 e. The quantitative estimate of drug-likeness (QED) is 0.713. The normalized spacial score (nSPS) is 17.4. The van der Waals surface area contributed by atoms with Crippen molar-refractivity contribution in [2.24, 2.45) is 0 Å². The summed E-state index contributed by atoms with van der Waals surface area (Å²) >= 11 is 0. The standard InChI is InChI=1S/C14H21N3O4S/c1-3-16-5-7-17(8-6-16)22(19,20)13-9-12(11-18)14(15-10-13)21-4-2/h9-11H,3-8H2,1-2H3.